The van der Waals surface area contributed by atoms with Crippen LogP contribution in [0.4, 0.5) is 11.5 Å². The highest BCUT2D eigenvalue weighted by molar-refractivity contribution is 7.99. The summed E-state index contributed by atoms with van der Waals surface area (Å²) in [5.74, 6) is 1.56. The van der Waals surface area contributed by atoms with Crippen LogP contribution in [0.1, 0.15) is 97.6 Å². The van der Waals surface area contributed by atoms with Gasteiger partial charge < -0.3 is 15.0 Å². The van der Waals surface area contributed by atoms with Crippen molar-refractivity contribution in [3.8, 4) is 17.1 Å². The van der Waals surface area contributed by atoms with Crippen molar-refractivity contribution >= 4 is 29.2 Å². The van der Waals surface area contributed by atoms with Gasteiger partial charge in [0.05, 0.1) is 18.0 Å². The SMILES string of the molecule is CCC(C)(C)c1ccc(OCCCC(=O)Nc2ccc(-n3[nH]c(N4CCCCC4)c(Sc4nnnn4-c4ccccc4)c3=O)cc2)c(C(C)(C)CC)c1. The Morgan fingerprint density at radius 1 is 0.906 bits per heavy atom. The molecule has 3 heterocycles. The normalized spacial score (nSPS) is 13.7. The number of tetrazole rings is 1. The summed E-state index contributed by atoms with van der Waals surface area (Å²) >= 11 is 1.26. The summed E-state index contributed by atoms with van der Waals surface area (Å²) in [5.41, 5.74) is 4.54. The summed E-state index contributed by atoms with van der Waals surface area (Å²) in [6.07, 6.45) is 6.25. The van der Waals surface area contributed by atoms with E-state index in [1.807, 2.05) is 54.6 Å². The Kier molecular flexibility index (Phi) is 11.8. The standard InChI is InChI=1S/C41H52N8O3S/c1-7-40(3,4)29-19-24-34(33(28-29)41(5,6)8-2)52-27-15-18-35(50)42-30-20-22-32(23-21-30)48-38(51)36(37(44-48)47-25-13-10-14-26-47)53-39-43-45-46-49(39)31-16-11-9-12-17-31/h9,11-12,16-17,19-24,28,44H,7-8,10,13-15,18,25-27H2,1-6H3,(H,42,50). The monoisotopic (exact) mass is 736 g/mol. The van der Waals surface area contributed by atoms with E-state index in [4.69, 9.17) is 4.74 Å². The summed E-state index contributed by atoms with van der Waals surface area (Å²) in [6, 6.07) is 23.5. The minimum Gasteiger partial charge on any atom is -0.493 e. The van der Waals surface area contributed by atoms with Gasteiger partial charge in [0.25, 0.3) is 5.56 Å². The number of hydrogen-bond donors (Lipinski definition) is 2. The zero-order valence-electron chi connectivity index (χ0n) is 31.8. The van der Waals surface area contributed by atoms with E-state index in [1.165, 1.54) is 29.3 Å². The lowest BCUT2D eigenvalue weighted by molar-refractivity contribution is -0.116. The molecule has 1 aliphatic heterocycles. The predicted octanol–water partition coefficient (Wildman–Crippen LogP) is 8.46. The Morgan fingerprint density at radius 3 is 2.32 bits per heavy atom. The first kappa shape index (κ1) is 37.9. The number of benzene rings is 3. The van der Waals surface area contributed by atoms with Crippen LogP contribution in [0.25, 0.3) is 11.4 Å². The molecule has 3 aromatic carbocycles. The zero-order chi connectivity index (χ0) is 37.6. The Labute approximate surface area is 316 Å². The number of aromatic amines is 1. The molecule has 280 valence electrons. The van der Waals surface area contributed by atoms with Crippen molar-refractivity contribution < 1.29 is 9.53 Å². The molecule has 0 unspecified atom stereocenters. The van der Waals surface area contributed by atoms with E-state index in [0.717, 1.165) is 56.0 Å². The number of nitrogens with zero attached hydrogens (tertiary/aromatic N) is 6. The van der Waals surface area contributed by atoms with Crippen LogP contribution >= 0.6 is 11.8 Å². The van der Waals surface area contributed by atoms with E-state index in [0.29, 0.717) is 40.9 Å². The number of anilines is 2. The Hall–Kier alpha value is -4.84. The van der Waals surface area contributed by atoms with Crippen LogP contribution in [0.15, 0.2) is 87.6 Å². The number of aromatic nitrogens is 6. The molecule has 2 aromatic heterocycles. The molecule has 5 aromatic rings. The highest BCUT2D eigenvalue weighted by atomic mass is 32.2. The number of nitrogens with one attached hydrogen (secondary N) is 2. The maximum absolute atomic E-state index is 14.0. The molecule has 12 heteroatoms. The number of piperidine rings is 1. The van der Waals surface area contributed by atoms with Gasteiger partial charge in [-0.25, -0.2) is 4.68 Å². The molecule has 11 nitrogen and oxygen atoms in total. The molecule has 0 saturated carbocycles. The molecule has 1 aliphatic rings. The van der Waals surface area contributed by atoms with Crippen molar-refractivity contribution in [2.45, 2.75) is 107 Å². The average Bonchev–Trinajstić information content (AvgIpc) is 3.78. The third-order valence-corrected chi connectivity index (χ3v) is 11.6. The van der Waals surface area contributed by atoms with Crippen LogP contribution in [-0.4, -0.2) is 55.6 Å². The number of carbonyl (C=O) groups excluding carboxylic acids is 1. The topological polar surface area (TPSA) is 123 Å². The number of carbonyl (C=O) groups is 1. The second kappa shape index (κ2) is 16.4. The van der Waals surface area contributed by atoms with Gasteiger partial charge in [0.2, 0.25) is 11.1 Å². The summed E-state index contributed by atoms with van der Waals surface area (Å²) in [7, 11) is 0. The number of para-hydroxylation sites is 1. The predicted molar refractivity (Wildman–Crippen MR) is 212 cm³/mol. The second-order valence-corrected chi connectivity index (χ2v) is 16.0. The molecule has 0 bridgehead atoms. The lowest BCUT2D eigenvalue weighted by Crippen LogP contribution is -2.30. The molecule has 0 spiro atoms. The minimum absolute atomic E-state index is 0.0275. The first-order chi connectivity index (χ1) is 25.5. The lowest BCUT2D eigenvalue weighted by atomic mass is 9.76. The Bertz CT molecular complexity index is 2040. The van der Waals surface area contributed by atoms with Crippen LogP contribution in [0.2, 0.25) is 0 Å². The molecule has 0 atom stereocenters. The number of amides is 1. The molecule has 1 fully saturated rings. The molecule has 1 amide bonds. The maximum Gasteiger partial charge on any atom is 0.287 e. The van der Waals surface area contributed by atoms with Crippen molar-refractivity contribution in [2.24, 2.45) is 0 Å². The smallest absolute Gasteiger partial charge is 0.287 e. The van der Waals surface area contributed by atoms with Crippen molar-refractivity contribution in [2.75, 3.05) is 29.9 Å². The van der Waals surface area contributed by atoms with Crippen molar-refractivity contribution in [1.82, 2.24) is 30.0 Å². The number of ether oxygens (including phenoxy) is 1. The van der Waals surface area contributed by atoms with Gasteiger partial charge in [-0.1, -0.05) is 71.9 Å². The van der Waals surface area contributed by atoms with Crippen molar-refractivity contribution in [3.63, 3.8) is 0 Å². The quantitative estimate of drug-likeness (QED) is 0.103. The molecule has 0 aliphatic carbocycles. The third-order valence-electron chi connectivity index (χ3n) is 10.6. The fourth-order valence-corrected chi connectivity index (χ4v) is 7.35. The molecule has 1 saturated heterocycles. The van der Waals surface area contributed by atoms with Gasteiger partial charge in [0, 0.05) is 30.8 Å². The van der Waals surface area contributed by atoms with Gasteiger partial charge in [-0.3, -0.25) is 14.7 Å². The highest BCUT2D eigenvalue weighted by Crippen LogP contribution is 2.39. The van der Waals surface area contributed by atoms with Crippen LogP contribution in [-0.2, 0) is 15.6 Å². The maximum atomic E-state index is 14.0. The highest BCUT2D eigenvalue weighted by Gasteiger charge is 2.27. The summed E-state index contributed by atoms with van der Waals surface area (Å²) in [6.45, 7) is 15.7. The molecular formula is C41H52N8O3S. The molecule has 6 rings (SSSR count). The van der Waals surface area contributed by atoms with Crippen LogP contribution in [0, 0.1) is 0 Å². The fourth-order valence-electron chi connectivity index (χ4n) is 6.41. The van der Waals surface area contributed by atoms with Crippen molar-refractivity contribution in [1.29, 1.82) is 0 Å². The molecule has 0 radical (unpaired) electrons. The zero-order valence-corrected chi connectivity index (χ0v) is 32.6. The Morgan fingerprint density at radius 2 is 1.62 bits per heavy atom. The first-order valence-corrected chi connectivity index (χ1v) is 19.6. The summed E-state index contributed by atoms with van der Waals surface area (Å²) in [5, 5.41) is 19.2. The lowest BCUT2D eigenvalue weighted by Gasteiger charge is -2.30. The molecular weight excluding hydrogens is 685 g/mol. The largest absolute Gasteiger partial charge is 0.493 e. The summed E-state index contributed by atoms with van der Waals surface area (Å²) < 4.78 is 9.48. The van der Waals surface area contributed by atoms with E-state index >= 15 is 0 Å². The van der Waals surface area contributed by atoms with Gasteiger partial charge >= 0.3 is 0 Å². The minimum atomic E-state index is -0.191. The van der Waals surface area contributed by atoms with Gasteiger partial charge in [-0.15, -0.1) is 5.10 Å². The summed E-state index contributed by atoms with van der Waals surface area (Å²) in [4.78, 5) is 29.7. The molecule has 53 heavy (non-hydrogen) atoms. The van der Waals surface area contributed by atoms with E-state index in [2.05, 4.69) is 90.6 Å². The van der Waals surface area contributed by atoms with E-state index in [9.17, 15) is 9.59 Å². The first-order valence-electron chi connectivity index (χ1n) is 18.8. The Balaban J connectivity index is 1.11. The van der Waals surface area contributed by atoms with E-state index in [-0.39, 0.29) is 22.3 Å². The number of hydrogen-bond acceptors (Lipinski definition) is 8. The van der Waals surface area contributed by atoms with Crippen molar-refractivity contribution in [3.05, 3.63) is 94.3 Å². The average molecular weight is 737 g/mol. The van der Waals surface area contributed by atoms with E-state index < -0.39 is 0 Å². The fraction of sp³-hybridized carbons (Fsp3) is 0.439. The van der Waals surface area contributed by atoms with Gasteiger partial charge in [0.15, 0.2) is 0 Å². The third kappa shape index (κ3) is 8.70. The van der Waals surface area contributed by atoms with Gasteiger partial charge in [-0.2, -0.15) is 4.68 Å². The molecule has 2 N–H and O–H groups in total. The number of H-pyrrole nitrogens is 1. The van der Waals surface area contributed by atoms with Crippen LogP contribution < -0.4 is 20.5 Å². The second-order valence-electron chi connectivity index (χ2n) is 15.0. The van der Waals surface area contributed by atoms with Gasteiger partial charge in [0.1, 0.15) is 16.5 Å². The van der Waals surface area contributed by atoms with Gasteiger partial charge in [-0.05, 0) is 120 Å². The van der Waals surface area contributed by atoms with E-state index in [1.54, 1.807) is 9.36 Å². The number of rotatable bonds is 15. The van der Waals surface area contributed by atoms with Crippen LogP contribution in [0.5, 0.6) is 5.75 Å². The van der Waals surface area contributed by atoms with Crippen LogP contribution in [0.3, 0.4) is 0 Å².